The van der Waals surface area contributed by atoms with Crippen molar-refractivity contribution in [2.24, 2.45) is 0 Å². The van der Waals surface area contributed by atoms with E-state index in [1.54, 1.807) is 7.11 Å². The molecule has 0 aliphatic carbocycles. The predicted octanol–water partition coefficient (Wildman–Crippen LogP) is 1.96. The summed E-state index contributed by atoms with van der Waals surface area (Å²) >= 11 is 0. The first-order valence-corrected chi connectivity index (χ1v) is 5.72. The molecule has 0 aliphatic heterocycles. The van der Waals surface area contributed by atoms with E-state index < -0.39 is 0 Å². The molecule has 1 aromatic rings. The monoisotopic (exact) mass is 223 g/mol. The van der Waals surface area contributed by atoms with Crippen molar-refractivity contribution in [1.82, 2.24) is 5.32 Å². The van der Waals surface area contributed by atoms with Crippen LogP contribution in [0.4, 0.5) is 0 Å². The van der Waals surface area contributed by atoms with Gasteiger partial charge in [-0.3, -0.25) is 0 Å². The lowest BCUT2D eigenvalue weighted by atomic mass is 10.1. The summed E-state index contributed by atoms with van der Waals surface area (Å²) in [4.78, 5) is 0. The first-order valence-electron chi connectivity index (χ1n) is 5.72. The molecule has 3 heteroatoms. The van der Waals surface area contributed by atoms with Crippen molar-refractivity contribution in [2.45, 2.75) is 20.1 Å². The van der Waals surface area contributed by atoms with Crippen LogP contribution in [0.5, 0.6) is 0 Å². The van der Waals surface area contributed by atoms with Gasteiger partial charge in [0.15, 0.2) is 0 Å². The number of ether oxygens (including phenoxy) is 2. The number of benzene rings is 1. The molecule has 0 spiro atoms. The highest BCUT2D eigenvalue weighted by Gasteiger charge is 2.00. The molecule has 0 amide bonds. The molecule has 16 heavy (non-hydrogen) atoms. The Kier molecular flexibility index (Phi) is 6.81. The van der Waals surface area contributed by atoms with E-state index in [0.29, 0.717) is 19.8 Å². The Hall–Kier alpha value is -0.900. The van der Waals surface area contributed by atoms with Gasteiger partial charge in [0.2, 0.25) is 0 Å². The third kappa shape index (κ3) is 4.75. The smallest absolute Gasteiger partial charge is 0.0721 e. The fraction of sp³-hybridized carbons (Fsp3) is 0.538. The van der Waals surface area contributed by atoms with Crippen molar-refractivity contribution in [1.29, 1.82) is 0 Å². The molecule has 1 rings (SSSR count). The zero-order valence-electron chi connectivity index (χ0n) is 10.2. The Labute approximate surface area is 97.8 Å². The minimum atomic E-state index is 0.645. The lowest BCUT2D eigenvalue weighted by molar-refractivity contribution is 0.0613. The van der Waals surface area contributed by atoms with E-state index in [2.05, 4.69) is 30.4 Å². The maximum Gasteiger partial charge on any atom is 0.0721 e. The van der Waals surface area contributed by atoms with Gasteiger partial charge < -0.3 is 14.8 Å². The standard InChI is InChI=1S/C13H21NO2/c1-3-14-10-12-6-4-5-7-13(12)11-16-9-8-15-2/h4-7,14H,3,8-11H2,1-2H3. The summed E-state index contributed by atoms with van der Waals surface area (Å²) in [5.41, 5.74) is 2.56. The maximum atomic E-state index is 5.53. The summed E-state index contributed by atoms with van der Waals surface area (Å²) in [5, 5.41) is 3.33. The fourth-order valence-corrected chi connectivity index (χ4v) is 1.45. The first-order chi connectivity index (χ1) is 7.88. The second-order valence-corrected chi connectivity index (χ2v) is 3.59. The number of hydrogen-bond donors (Lipinski definition) is 1. The minimum Gasteiger partial charge on any atom is -0.382 e. The molecule has 1 aromatic carbocycles. The van der Waals surface area contributed by atoms with Crippen molar-refractivity contribution in [2.75, 3.05) is 26.9 Å². The van der Waals surface area contributed by atoms with E-state index in [-0.39, 0.29) is 0 Å². The van der Waals surface area contributed by atoms with Crippen molar-refractivity contribution < 1.29 is 9.47 Å². The Morgan fingerprint density at radius 1 is 1.12 bits per heavy atom. The van der Waals surface area contributed by atoms with Gasteiger partial charge in [-0.25, -0.2) is 0 Å². The van der Waals surface area contributed by atoms with Gasteiger partial charge in [0.1, 0.15) is 0 Å². The molecular formula is C13H21NO2. The highest BCUT2D eigenvalue weighted by molar-refractivity contribution is 5.26. The van der Waals surface area contributed by atoms with Crippen LogP contribution < -0.4 is 5.32 Å². The molecule has 0 saturated heterocycles. The molecule has 1 N–H and O–H groups in total. The van der Waals surface area contributed by atoms with Crippen molar-refractivity contribution in [3.05, 3.63) is 35.4 Å². The molecule has 0 heterocycles. The molecule has 0 saturated carbocycles. The average molecular weight is 223 g/mol. The van der Waals surface area contributed by atoms with Crippen molar-refractivity contribution >= 4 is 0 Å². The number of rotatable bonds is 8. The van der Waals surface area contributed by atoms with E-state index in [9.17, 15) is 0 Å². The summed E-state index contributed by atoms with van der Waals surface area (Å²) in [5.74, 6) is 0. The Balaban J connectivity index is 2.43. The molecule has 0 radical (unpaired) electrons. The van der Waals surface area contributed by atoms with Crippen molar-refractivity contribution in [3.63, 3.8) is 0 Å². The van der Waals surface area contributed by atoms with Crippen LogP contribution in [-0.4, -0.2) is 26.9 Å². The van der Waals surface area contributed by atoms with Gasteiger partial charge in [-0.05, 0) is 17.7 Å². The largest absolute Gasteiger partial charge is 0.382 e. The zero-order valence-corrected chi connectivity index (χ0v) is 10.2. The number of methoxy groups -OCH3 is 1. The van der Waals surface area contributed by atoms with Gasteiger partial charge in [-0.1, -0.05) is 31.2 Å². The average Bonchev–Trinajstić information content (AvgIpc) is 2.33. The maximum absolute atomic E-state index is 5.53. The van der Waals surface area contributed by atoms with Crippen LogP contribution in [0.25, 0.3) is 0 Å². The highest BCUT2D eigenvalue weighted by Crippen LogP contribution is 2.09. The second kappa shape index (κ2) is 8.28. The van der Waals surface area contributed by atoms with Crippen LogP contribution in [0.3, 0.4) is 0 Å². The lowest BCUT2D eigenvalue weighted by Gasteiger charge is -2.10. The summed E-state index contributed by atoms with van der Waals surface area (Å²) < 4.78 is 10.5. The molecular weight excluding hydrogens is 202 g/mol. The third-order valence-electron chi connectivity index (χ3n) is 2.37. The van der Waals surface area contributed by atoms with Gasteiger partial charge in [-0.2, -0.15) is 0 Å². The molecule has 0 bridgehead atoms. The van der Waals surface area contributed by atoms with Gasteiger partial charge in [-0.15, -0.1) is 0 Å². The Morgan fingerprint density at radius 3 is 2.56 bits per heavy atom. The highest BCUT2D eigenvalue weighted by atomic mass is 16.5. The Morgan fingerprint density at radius 2 is 1.88 bits per heavy atom. The van der Waals surface area contributed by atoms with E-state index >= 15 is 0 Å². The molecule has 0 fully saturated rings. The third-order valence-corrected chi connectivity index (χ3v) is 2.37. The van der Waals surface area contributed by atoms with E-state index in [0.717, 1.165) is 13.1 Å². The summed E-state index contributed by atoms with van der Waals surface area (Å²) in [7, 11) is 1.68. The van der Waals surface area contributed by atoms with Crippen LogP contribution in [0.1, 0.15) is 18.1 Å². The molecule has 3 nitrogen and oxygen atoms in total. The predicted molar refractivity (Wildman–Crippen MR) is 65.4 cm³/mol. The minimum absolute atomic E-state index is 0.645. The summed E-state index contributed by atoms with van der Waals surface area (Å²) in [6.45, 7) is 5.95. The molecule has 0 atom stereocenters. The summed E-state index contributed by atoms with van der Waals surface area (Å²) in [6, 6.07) is 8.35. The number of nitrogens with one attached hydrogen (secondary N) is 1. The normalized spacial score (nSPS) is 10.6. The van der Waals surface area contributed by atoms with Crippen LogP contribution in [0.2, 0.25) is 0 Å². The van der Waals surface area contributed by atoms with Crippen LogP contribution in [-0.2, 0) is 22.6 Å². The molecule has 0 aliphatic rings. The zero-order chi connectivity index (χ0) is 11.6. The van der Waals surface area contributed by atoms with Crippen molar-refractivity contribution in [3.8, 4) is 0 Å². The first kappa shape index (κ1) is 13.2. The van der Waals surface area contributed by atoms with E-state index in [1.165, 1.54) is 11.1 Å². The summed E-state index contributed by atoms with van der Waals surface area (Å²) in [6.07, 6.45) is 0. The second-order valence-electron chi connectivity index (χ2n) is 3.59. The molecule has 0 unspecified atom stereocenters. The number of hydrogen-bond acceptors (Lipinski definition) is 3. The van der Waals surface area contributed by atoms with Gasteiger partial charge >= 0.3 is 0 Å². The SMILES string of the molecule is CCNCc1ccccc1COCCOC. The van der Waals surface area contributed by atoms with Gasteiger partial charge in [0.05, 0.1) is 19.8 Å². The molecule has 90 valence electrons. The molecule has 0 aromatic heterocycles. The van der Waals surface area contributed by atoms with Crippen LogP contribution in [0.15, 0.2) is 24.3 Å². The van der Waals surface area contributed by atoms with Gasteiger partial charge in [0, 0.05) is 13.7 Å². The quantitative estimate of drug-likeness (QED) is 0.683. The topological polar surface area (TPSA) is 30.5 Å². The van der Waals surface area contributed by atoms with Crippen LogP contribution >= 0.6 is 0 Å². The van der Waals surface area contributed by atoms with E-state index in [4.69, 9.17) is 9.47 Å². The Bertz CT molecular complexity index is 289. The fourth-order valence-electron chi connectivity index (χ4n) is 1.45. The lowest BCUT2D eigenvalue weighted by Crippen LogP contribution is -2.13. The van der Waals surface area contributed by atoms with E-state index in [1.807, 2.05) is 6.07 Å². The van der Waals surface area contributed by atoms with Crippen LogP contribution in [0, 0.1) is 0 Å². The van der Waals surface area contributed by atoms with Gasteiger partial charge in [0.25, 0.3) is 0 Å².